The van der Waals surface area contributed by atoms with Crippen molar-refractivity contribution in [1.29, 1.82) is 0 Å². The van der Waals surface area contributed by atoms with Crippen molar-refractivity contribution in [3.63, 3.8) is 0 Å². The molecule has 0 aliphatic heterocycles. The minimum atomic E-state index is -3.72. The summed E-state index contributed by atoms with van der Waals surface area (Å²) < 4.78 is 32.8. The maximum atomic E-state index is 12.4. The Hall–Kier alpha value is -0.370. The molecule has 118 valence electrons. The molecule has 0 radical (unpaired) electrons. The standard InChI is InChI=1S/C13H18Cl2N2O3S/c1-2-20-11-5-10(6-11)17-21(18,19)12-4-9(14)3-8(7-16)13(12)15/h3-4,10-11,17H,2,5-7,16H2,1H3. The SMILES string of the molecule is CCOC1CC(NS(=O)(=O)c2cc(Cl)cc(CN)c2Cl)C1. The van der Waals surface area contributed by atoms with Gasteiger partial charge in [0, 0.05) is 24.2 Å². The van der Waals surface area contributed by atoms with Gasteiger partial charge in [0.25, 0.3) is 0 Å². The summed E-state index contributed by atoms with van der Waals surface area (Å²) in [6.45, 7) is 2.67. The molecule has 3 N–H and O–H groups in total. The van der Waals surface area contributed by atoms with Crippen LogP contribution in [0.3, 0.4) is 0 Å². The maximum absolute atomic E-state index is 12.4. The summed E-state index contributed by atoms with van der Waals surface area (Å²) in [5.41, 5.74) is 6.05. The molecule has 1 aliphatic rings. The Morgan fingerprint density at radius 2 is 2.05 bits per heavy atom. The fraction of sp³-hybridized carbons (Fsp3) is 0.538. The van der Waals surface area contributed by atoms with Gasteiger partial charge in [-0.1, -0.05) is 23.2 Å². The van der Waals surface area contributed by atoms with Crippen LogP contribution in [0.4, 0.5) is 0 Å². The second kappa shape index (κ2) is 6.81. The topological polar surface area (TPSA) is 81.4 Å². The van der Waals surface area contributed by atoms with Crippen LogP contribution in [0.5, 0.6) is 0 Å². The molecule has 0 saturated heterocycles. The van der Waals surface area contributed by atoms with E-state index < -0.39 is 10.0 Å². The van der Waals surface area contributed by atoms with Crippen molar-refractivity contribution < 1.29 is 13.2 Å². The van der Waals surface area contributed by atoms with Crippen LogP contribution in [-0.2, 0) is 21.3 Å². The Labute approximate surface area is 134 Å². The molecule has 0 amide bonds. The molecular weight excluding hydrogens is 335 g/mol. The van der Waals surface area contributed by atoms with Crippen molar-refractivity contribution >= 4 is 33.2 Å². The van der Waals surface area contributed by atoms with Gasteiger partial charge in [-0.15, -0.1) is 0 Å². The van der Waals surface area contributed by atoms with E-state index in [1.807, 2.05) is 6.92 Å². The predicted molar refractivity (Wildman–Crippen MR) is 83.1 cm³/mol. The van der Waals surface area contributed by atoms with Gasteiger partial charge in [-0.2, -0.15) is 0 Å². The second-order valence-corrected chi connectivity index (χ2v) is 7.44. The molecule has 0 aromatic heterocycles. The highest BCUT2D eigenvalue weighted by atomic mass is 35.5. The largest absolute Gasteiger partial charge is 0.378 e. The monoisotopic (exact) mass is 352 g/mol. The molecule has 0 spiro atoms. The third-order valence-corrected chi connectivity index (χ3v) is 5.73. The lowest BCUT2D eigenvalue weighted by Crippen LogP contribution is -2.47. The smallest absolute Gasteiger partial charge is 0.242 e. The minimum absolute atomic E-state index is 0.0306. The van der Waals surface area contributed by atoms with Crippen LogP contribution in [0.2, 0.25) is 10.0 Å². The van der Waals surface area contributed by atoms with Crippen LogP contribution >= 0.6 is 23.2 Å². The molecular formula is C13H18Cl2N2O3S. The number of hydrogen-bond donors (Lipinski definition) is 2. The lowest BCUT2D eigenvalue weighted by molar-refractivity contribution is -0.00475. The van der Waals surface area contributed by atoms with E-state index >= 15 is 0 Å². The molecule has 1 aliphatic carbocycles. The average Bonchev–Trinajstić information content (AvgIpc) is 2.38. The number of hydrogen-bond acceptors (Lipinski definition) is 4. The van der Waals surface area contributed by atoms with Crippen LogP contribution in [0.15, 0.2) is 17.0 Å². The van der Waals surface area contributed by atoms with Crippen LogP contribution in [0.1, 0.15) is 25.3 Å². The predicted octanol–water partition coefficient (Wildman–Crippen LogP) is 2.30. The Bertz CT molecular complexity index is 616. The number of nitrogens with one attached hydrogen (secondary N) is 1. The van der Waals surface area contributed by atoms with E-state index in [2.05, 4.69) is 4.72 Å². The third-order valence-electron chi connectivity index (χ3n) is 3.41. The molecule has 1 aromatic carbocycles. The number of nitrogens with two attached hydrogens (primary N) is 1. The van der Waals surface area contributed by atoms with Crippen molar-refractivity contribution in [3.8, 4) is 0 Å². The third kappa shape index (κ3) is 3.88. The summed E-state index contributed by atoms with van der Waals surface area (Å²) in [4.78, 5) is -0.0306. The number of halogens is 2. The quantitative estimate of drug-likeness (QED) is 0.822. The first-order valence-electron chi connectivity index (χ1n) is 6.69. The van der Waals surface area contributed by atoms with Gasteiger partial charge in [-0.25, -0.2) is 13.1 Å². The zero-order valence-electron chi connectivity index (χ0n) is 11.6. The Balaban J connectivity index is 2.15. The Morgan fingerprint density at radius 3 is 2.62 bits per heavy atom. The molecule has 0 atom stereocenters. The second-order valence-electron chi connectivity index (χ2n) is 4.95. The van der Waals surface area contributed by atoms with Gasteiger partial charge in [0.1, 0.15) is 4.90 Å². The zero-order chi connectivity index (χ0) is 15.6. The number of sulfonamides is 1. The highest BCUT2D eigenvalue weighted by molar-refractivity contribution is 7.89. The Morgan fingerprint density at radius 1 is 1.38 bits per heavy atom. The molecule has 0 bridgehead atoms. The van der Waals surface area contributed by atoms with Crippen LogP contribution < -0.4 is 10.5 Å². The Kier molecular flexibility index (Phi) is 5.51. The van der Waals surface area contributed by atoms with Crippen molar-refractivity contribution in [2.45, 2.75) is 43.4 Å². The lowest BCUT2D eigenvalue weighted by atomic mass is 9.90. The minimum Gasteiger partial charge on any atom is -0.378 e. The average molecular weight is 353 g/mol. The van der Waals surface area contributed by atoms with Gasteiger partial charge >= 0.3 is 0 Å². The molecule has 1 saturated carbocycles. The van der Waals surface area contributed by atoms with E-state index in [1.165, 1.54) is 6.07 Å². The first-order chi connectivity index (χ1) is 9.87. The molecule has 2 rings (SSSR count). The van der Waals surface area contributed by atoms with E-state index in [4.69, 9.17) is 33.7 Å². The van der Waals surface area contributed by atoms with Crippen molar-refractivity contribution in [2.24, 2.45) is 5.73 Å². The molecule has 1 aromatic rings. The van der Waals surface area contributed by atoms with E-state index in [0.717, 1.165) is 0 Å². The number of ether oxygens (including phenoxy) is 1. The van der Waals surface area contributed by atoms with Gasteiger partial charge in [0.2, 0.25) is 10.0 Å². The van der Waals surface area contributed by atoms with Gasteiger partial charge in [-0.3, -0.25) is 0 Å². The molecule has 0 heterocycles. The first-order valence-corrected chi connectivity index (χ1v) is 8.93. The summed E-state index contributed by atoms with van der Waals surface area (Å²) in [5, 5.41) is 0.413. The zero-order valence-corrected chi connectivity index (χ0v) is 13.9. The highest BCUT2D eigenvalue weighted by Gasteiger charge is 2.34. The lowest BCUT2D eigenvalue weighted by Gasteiger charge is -2.35. The van der Waals surface area contributed by atoms with Crippen molar-refractivity contribution in [1.82, 2.24) is 4.72 Å². The van der Waals surface area contributed by atoms with Crippen LogP contribution in [-0.4, -0.2) is 27.2 Å². The van der Waals surface area contributed by atoms with E-state index in [-0.39, 0.29) is 28.6 Å². The molecule has 8 heteroatoms. The number of benzene rings is 1. The van der Waals surface area contributed by atoms with Gasteiger partial charge in [0.15, 0.2) is 0 Å². The summed E-state index contributed by atoms with van der Waals surface area (Å²) >= 11 is 12.0. The first kappa shape index (κ1) is 17.0. The normalized spacial score (nSPS) is 22.1. The van der Waals surface area contributed by atoms with E-state index in [9.17, 15) is 8.42 Å². The van der Waals surface area contributed by atoms with Gasteiger partial charge in [0.05, 0.1) is 11.1 Å². The fourth-order valence-electron chi connectivity index (χ4n) is 2.28. The van der Waals surface area contributed by atoms with Crippen LogP contribution in [0, 0.1) is 0 Å². The fourth-order valence-corrected chi connectivity index (χ4v) is 4.48. The maximum Gasteiger partial charge on any atom is 0.242 e. The van der Waals surface area contributed by atoms with Crippen molar-refractivity contribution in [3.05, 3.63) is 27.7 Å². The van der Waals surface area contributed by atoms with Crippen molar-refractivity contribution in [2.75, 3.05) is 6.61 Å². The molecule has 1 fully saturated rings. The molecule has 0 unspecified atom stereocenters. The summed E-state index contributed by atoms with van der Waals surface area (Å²) in [7, 11) is -3.72. The summed E-state index contributed by atoms with van der Waals surface area (Å²) in [5.74, 6) is 0. The number of rotatable bonds is 6. The summed E-state index contributed by atoms with van der Waals surface area (Å²) in [6, 6.07) is 2.77. The van der Waals surface area contributed by atoms with Gasteiger partial charge in [-0.05, 0) is 37.5 Å². The summed E-state index contributed by atoms with van der Waals surface area (Å²) in [6.07, 6.45) is 1.45. The van der Waals surface area contributed by atoms with Gasteiger partial charge < -0.3 is 10.5 Å². The molecule has 21 heavy (non-hydrogen) atoms. The highest BCUT2D eigenvalue weighted by Crippen LogP contribution is 2.31. The molecule has 5 nitrogen and oxygen atoms in total. The van der Waals surface area contributed by atoms with Crippen LogP contribution in [0.25, 0.3) is 0 Å². The van der Waals surface area contributed by atoms with E-state index in [0.29, 0.717) is 30.0 Å². The van der Waals surface area contributed by atoms with E-state index in [1.54, 1.807) is 6.07 Å².